The fourth-order valence-electron chi connectivity index (χ4n) is 3.15. The van der Waals surface area contributed by atoms with E-state index in [1.807, 2.05) is 50.8 Å². The highest BCUT2D eigenvalue weighted by Crippen LogP contribution is 2.24. The molecule has 1 aromatic heterocycles. The van der Waals surface area contributed by atoms with Crippen LogP contribution in [0.1, 0.15) is 25.0 Å². The molecule has 0 N–H and O–H groups in total. The van der Waals surface area contributed by atoms with E-state index in [1.54, 1.807) is 4.68 Å². The molecule has 0 unspecified atom stereocenters. The predicted octanol–water partition coefficient (Wildman–Crippen LogP) is 2.01. The largest absolute Gasteiger partial charge is 0.372 e. The number of aryl methyl sites for hydroxylation is 2. The standard InChI is InChI=1S/C17H23N5O2S/c1-11-6-5-7-12(2)16(11)22-17(18-19-20-22)25-10-15(23)21-8-13(3)24-14(4)9-21/h5-7,13-14H,8-10H2,1-4H3/t13-,14+. The van der Waals surface area contributed by atoms with E-state index in [4.69, 9.17) is 4.74 Å². The quantitative estimate of drug-likeness (QED) is 0.776. The van der Waals surface area contributed by atoms with Crippen molar-refractivity contribution in [2.75, 3.05) is 18.8 Å². The molecule has 134 valence electrons. The van der Waals surface area contributed by atoms with Gasteiger partial charge in [0.25, 0.3) is 0 Å². The zero-order valence-corrected chi connectivity index (χ0v) is 15.8. The van der Waals surface area contributed by atoms with Crippen LogP contribution in [-0.4, -0.2) is 62.1 Å². The van der Waals surface area contributed by atoms with Gasteiger partial charge in [0.05, 0.1) is 23.6 Å². The van der Waals surface area contributed by atoms with Gasteiger partial charge in [-0.2, -0.15) is 4.68 Å². The number of aromatic nitrogens is 4. The molecule has 7 nitrogen and oxygen atoms in total. The molecule has 2 atom stereocenters. The van der Waals surface area contributed by atoms with Gasteiger partial charge in [-0.25, -0.2) is 0 Å². The van der Waals surface area contributed by atoms with Crippen LogP contribution in [0.15, 0.2) is 23.4 Å². The molecule has 2 aromatic rings. The summed E-state index contributed by atoms with van der Waals surface area (Å²) in [6.45, 7) is 9.30. The Kier molecular flexibility index (Phi) is 5.39. The first-order chi connectivity index (χ1) is 12.0. The summed E-state index contributed by atoms with van der Waals surface area (Å²) in [6, 6.07) is 6.07. The van der Waals surface area contributed by atoms with E-state index in [9.17, 15) is 4.79 Å². The first-order valence-electron chi connectivity index (χ1n) is 8.36. The SMILES string of the molecule is Cc1cccc(C)c1-n1nnnc1SCC(=O)N1C[C@@H](C)O[C@@H](C)C1. The monoisotopic (exact) mass is 361 g/mol. The normalized spacial score (nSPS) is 20.7. The van der Waals surface area contributed by atoms with Crippen molar-refractivity contribution in [2.24, 2.45) is 0 Å². The third-order valence-electron chi connectivity index (χ3n) is 4.19. The van der Waals surface area contributed by atoms with Gasteiger partial charge in [0.1, 0.15) is 0 Å². The van der Waals surface area contributed by atoms with Crippen molar-refractivity contribution < 1.29 is 9.53 Å². The number of thioether (sulfide) groups is 1. The number of amides is 1. The maximum Gasteiger partial charge on any atom is 0.233 e. The second kappa shape index (κ2) is 7.53. The molecule has 1 aliphatic heterocycles. The van der Waals surface area contributed by atoms with Gasteiger partial charge in [-0.3, -0.25) is 4.79 Å². The number of benzene rings is 1. The Morgan fingerprint density at radius 1 is 1.24 bits per heavy atom. The summed E-state index contributed by atoms with van der Waals surface area (Å²) in [5.41, 5.74) is 3.16. The fourth-order valence-corrected chi connectivity index (χ4v) is 3.93. The highest BCUT2D eigenvalue weighted by atomic mass is 32.2. The third kappa shape index (κ3) is 4.01. The molecule has 1 aromatic carbocycles. The number of tetrazole rings is 1. The Morgan fingerprint density at radius 2 is 1.88 bits per heavy atom. The van der Waals surface area contributed by atoms with Gasteiger partial charge < -0.3 is 9.64 Å². The van der Waals surface area contributed by atoms with E-state index in [-0.39, 0.29) is 18.1 Å². The van der Waals surface area contributed by atoms with Crippen LogP contribution < -0.4 is 0 Å². The molecular weight excluding hydrogens is 338 g/mol. The van der Waals surface area contributed by atoms with Crippen LogP contribution in [0.3, 0.4) is 0 Å². The number of morpholine rings is 1. The van der Waals surface area contributed by atoms with Crippen molar-refractivity contribution in [3.8, 4) is 5.69 Å². The maximum atomic E-state index is 12.5. The minimum Gasteiger partial charge on any atom is -0.372 e. The van der Waals surface area contributed by atoms with Crippen LogP contribution >= 0.6 is 11.8 Å². The lowest BCUT2D eigenvalue weighted by atomic mass is 10.1. The van der Waals surface area contributed by atoms with Crippen molar-refractivity contribution in [2.45, 2.75) is 45.1 Å². The lowest BCUT2D eigenvalue weighted by Crippen LogP contribution is -2.48. The zero-order valence-electron chi connectivity index (χ0n) is 15.0. The number of hydrogen-bond donors (Lipinski definition) is 0. The summed E-state index contributed by atoms with van der Waals surface area (Å²) in [4.78, 5) is 14.4. The van der Waals surface area contributed by atoms with Crippen LogP contribution in [-0.2, 0) is 9.53 Å². The number of ether oxygens (including phenoxy) is 1. The first-order valence-corrected chi connectivity index (χ1v) is 9.35. The summed E-state index contributed by atoms with van der Waals surface area (Å²) >= 11 is 1.36. The molecule has 1 amide bonds. The van der Waals surface area contributed by atoms with Crippen molar-refractivity contribution in [1.29, 1.82) is 0 Å². The van der Waals surface area contributed by atoms with E-state index < -0.39 is 0 Å². The summed E-state index contributed by atoms with van der Waals surface area (Å²) in [7, 11) is 0. The zero-order chi connectivity index (χ0) is 18.0. The summed E-state index contributed by atoms with van der Waals surface area (Å²) < 4.78 is 7.40. The Hall–Kier alpha value is -1.93. The lowest BCUT2D eigenvalue weighted by Gasteiger charge is -2.35. The van der Waals surface area contributed by atoms with Crippen molar-refractivity contribution in [3.63, 3.8) is 0 Å². The van der Waals surface area contributed by atoms with Crippen LogP contribution in [0.5, 0.6) is 0 Å². The second-order valence-corrected chi connectivity index (χ2v) is 7.40. The van der Waals surface area contributed by atoms with E-state index in [0.717, 1.165) is 16.8 Å². The molecule has 0 spiro atoms. The van der Waals surface area contributed by atoms with Gasteiger partial charge >= 0.3 is 0 Å². The van der Waals surface area contributed by atoms with Crippen LogP contribution in [0.4, 0.5) is 0 Å². The van der Waals surface area contributed by atoms with Gasteiger partial charge in [0.2, 0.25) is 11.1 Å². The van der Waals surface area contributed by atoms with Gasteiger partial charge in [0, 0.05) is 13.1 Å². The lowest BCUT2D eigenvalue weighted by molar-refractivity contribution is -0.140. The highest BCUT2D eigenvalue weighted by molar-refractivity contribution is 7.99. The number of carbonyl (C=O) groups excluding carboxylic acids is 1. The average molecular weight is 361 g/mol. The first kappa shape index (κ1) is 17.9. The van der Waals surface area contributed by atoms with Gasteiger partial charge in [-0.1, -0.05) is 30.0 Å². The van der Waals surface area contributed by atoms with Crippen molar-refractivity contribution in [1.82, 2.24) is 25.1 Å². The van der Waals surface area contributed by atoms with E-state index >= 15 is 0 Å². The summed E-state index contributed by atoms with van der Waals surface area (Å²) in [6.07, 6.45) is 0.135. The molecule has 2 heterocycles. The smallest absolute Gasteiger partial charge is 0.233 e. The van der Waals surface area contributed by atoms with Crippen LogP contribution in [0.25, 0.3) is 5.69 Å². The minimum atomic E-state index is 0.0673. The molecule has 0 bridgehead atoms. The van der Waals surface area contributed by atoms with Gasteiger partial charge in [-0.15, -0.1) is 5.10 Å². The molecule has 1 aliphatic rings. The molecule has 8 heteroatoms. The minimum absolute atomic E-state index is 0.0673. The maximum absolute atomic E-state index is 12.5. The number of carbonyl (C=O) groups is 1. The van der Waals surface area contributed by atoms with Gasteiger partial charge in [-0.05, 0) is 49.2 Å². The van der Waals surface area contributed by atoms with Crippen molar-refractivity contribution >= 4 is 17.7 Å². The average Bonchev–Trinajstić information content (AvgIpc) is 2.99. The second-order valence-electron chi connectivity index (χ2n) is 6.46. The Bertz CT molecular complexity index is 733. The molecule has 25 heavy (non-hydrogen) atoms. The predicted molar refractivity (Wildman–Crippen MR) is 95.9 cm³/mol. The van der Waals surface area contributed by atoms with Crippen LogP contribution in [0.2, 0.25) is 0 Å². The Morgan fingerprint density at radius 3 is 2.52 bits per heavy atom. The Balaban J connectivity index is 1.71. The van der Waals surface area contributed by atoms with Crippen molar-refractivity contribution in [3.05, 3.63) is 29.3 Å². The molecule has 1 saturated heterocycles. The Labute approximate surface area is 151 Å². The van der Waals surface area contributed by atoms with E-state index in [1.165, 1.54) is 11.8 Å². The number of rotatable bonds is 4. The number of hydrogen-bond acceptors (Lipinski definition) is 6. The fraction of sp³-hybridized carbons (Fsp3) is 0.529. The van der Waals surface area contributed by atoms with Gasteiger partial charge in [0.15, 0.2) is 0 Å². The topological polar surface area (TPSA) is 73.1 Å². The molecule has 0 radical (unpaired) electrons. The molecular formula is C17H23N5O2S. The number of para-hydroxylation sites is 1. The summed E-state index contributed by atoms with van der Waals surface area (Å²) in [5, 5.41) is 12.6. The molecule has 1 fully saturated rings. The summed E-state index contributed by atoms with van der Waals surface area (Å²) in [5.74, 6) is 0.396. The van der Waals surface area contributed by atoms with Crippen LogP contribution in [0, 0.1) is 13.8 Å². The molecule has 0 aliphatic carbocycles. The molecule has 0 saturated carbocycles. The highest BCUT2D eigenvalue weighted by Gasteiger charge is 2.26. The number of nitrogens with zero attached hydrogens (tertiary/aromatic N) is 5. The third-order valence-corrected chi connectivity index (χ3v) is 5.09. The van der Waals surface area contributed by atoms with E-state index in [0.29, 0.717) is 24.0 Å². The van der Waals surface area contributed by atoms with E-state index in [2.05, 4.69) is 15.5 Å². The molecule has 3 rings (SSSR count).